The van der Waals surface area contributed by atoms with E-state index in [1.165, 1.54) is 6.08 Å². The first-order chi connectivity index (χ1) is 11.1. The van der Waals surface area contributed by atoms with Crippen LogP contribution in [0.15, 0.2) is 24.3 Å². The van der Waals surface area contributed by atoms with E-state index >= 15 is 0 Å². The van der Waals surface area contributed by atoms with Crippen LogP contribution in [0.5, 0.6) is 11.5 Å². The molecule has 1 N–H and O–H groups in total. The van der Waals surface area contributed by atoms with Gasteiger partial charge in [-0.15, -0.1) is 0 Å². The number of nitrogens with one attached hydrogen (secondary N) is 1. The smallest absolute Gasteiger partial charge is 0.243 e. The van der Waals surface area contributed by atoms with Gasteiger partial charge >= 0.3 is 0 Å². The van der Waals surface area contributed by atoms with Gasteiger partial charge in [0.15, 0.2) is 11.5 Å². The van der Waals surface area contributed by atoms with Crippen LogP contribution in [0.2, 0.25) is 0 Å². The summed E-state index contributed by atoms with van der Waals surface area (Å²) in [5.41, 5.74) is 0.897. The van der Waals surface area contributed by atoms with Gasteiger partial charge in [0.2, 0.25) is 5.91 Å². The molecule has 0 aliphatic rings. The Morgan fingerprint density at radius 2 is 2.09 bits per heavy atom. The summed E-state index contributed by atoms with van der Waals surface area (Å²) in [7, 11) is 5.64. The van der Waals surface area contributed by atoms with E-state index in [-0.39, 0.29) is 5.91 Å². The Balaban J connectivity index is 2.53. The van der Waals surface area contributed by atoms with Gasteiger partial charge in [0.1, 0.15) is 0 Å². The highest BCUT2D eigenvalue weighted by Gasteiger charge is 2.04. The zero-order valence-corrected chi connectivity index (χ0v) is 14.6. The molecule has 0 heterocycles. The minimum Gasteiger partial charge on any atom is -0.493 e. The number of nitrogens with zero attached hydrogens (tertiary/aromatic N) is 1. The highest BCUT2D eigenvalue weighted by molar-refractivity contribution is 5.91. The van der Waals surface area contributed by atoms with Gasteiger partial charge in [0.25, 0.3) is 0 Å². The van der Waals surface area contributed by atoms with E-state index in [1.54, 1.807) is 13.2 Å². The second-order valence-electron chi connectivity index (χ2n) is 5.54. The first-order valence-electron chi connectivity index (χ1n) is 7.98. The molecule has 23 heavy (non-hydrogen) atoms. The third kappa shape index (κ3) is 7.70. The van der Waals surface area contributed by atoms with E-state index in [2.05, 4.69) is 17.1 Å². The van der Waals surface area contributed by atoms with Crippen molar-refractivity contribution in [2.45, 2.75) is 19.8 Å². The molecule has 5 heteroatoms. The molecule has 0 unspecified atom stereocenters. The Morgan fingerprint density at radius 1 is 1.30 bits per heavy atom. The summed E-state index contributed by atoms with van der Waals surface area (Å²) < 4.78 is 10.9. The van der Waals surface area contributed by atoms with E-state index in [4.69, 9.17) is 9.47 Å². The summed E-state index contributed by atoms with van der Waals surface area (Å²) in [4.78, 5) is 13.9. The normalized spacial score (nSPS) is 11.0. The molecule has 128 valence electrons. The largest absolute Gasteiger partial charge is 0.493 e. The summed E-state index contributed by atoms with van der Waals surface area (Å²) in [5, 5.41) is 2.87. The Hall–Kier alpha value is -2.01. The van der Waals surface area contributed by atoms with Gasteiger partial charge in [-0.1, -0.05) is 13.0 Å². The van der Waals surface area contributed by atoms with Crippen molar-refractivity contribution in [1.82, 2.24) is 10.2 Å². The van der Waals surface area contributed by atoms with Crippen LogP contribution >= 0.6 is 0 Å². The maximum absolute atomic E-state index is 11.8. The minimum atomic E-state index is -0.0889. The highest BCUT2D eigenvalue weighted by atomic mass is 16.5. The minimum absolute atomic E-state index is 0.0889. The lowest BCUT2D eigenvalue weighted by molar-refractivity contribution is -0.116. The van der Waals surface area contributed by atoms with Crippen molar-refractivity contribution in [3.05, 3.63) is 29.8 Å². The molecule has 1 aromatic carbocycles. The lowest BCUT2D eigenvalue weighted by atomic mass is 10.2. The third-order valence-electron chi connectivity index (χ3n) is 3.16. The van der Waals surface area contributed by atoms with Gasteiger partial charge in [-0.25, -0.2) is 0 Å². The van der Waals surface area contributed by atoms with E-state index in [0.29, 0.717) is 18.9 Å². The number of rotatable bonds is 10. The molecule has 0 bridgehead atoms. The van der Waals surface area contributed by atoms with Crippen LogP contribution in [0, 0.1) is 0 Å². The average molecular weight is 320 g/mol. The Labute approximate surface area is 139 Å². The van der Waals surface area contributed by atoms with Crippen molar-refractivity contribution in [2.24, 2.45) is 0 Å². The van der Waals surface area contributed by atoms with Gasteiger partial charge in [0.05, 0.1) is 13.7 Å². The second kappa shape index (κ2) is 10.7. The van der Waals surface area contributed by atoms with Gasteiger partial charge in [0, 0.05) is 12.6 Å². The maximum atomic E-state index is 11.8. The zero-order chi connectivity index (χ0) is 17.1. The quantitative estimate of drug-likeness (QED) is 0.532. The second-order valence-corrected chi connectivity index (χ2v) is 5.54. The molecular formula is C18H28N2O3. The molecule has 5 nitrogen and oxygen atoms in total. The fraction of sp³-hybridized carbons (Fsp3) is 0.500. The first-order valence-corrected chi connectivity index (χ1v) is 7.98. The number of benzene rings is 1. The Bertz CT molecular complexity index is 513. The van der Waals surface area contributed by atoms with E-state index in [0.717, 1.165) is 30.7 Å². The molecule has 0 saturated heterocycles. The summed E-state index contributed by atoms with van der Waals surface area (Å²) in [6.45, 7) is 4.34. The van der Waals surface area contributed by atoms with E-state index < -0.39 is 0 Å². The number of ether oxygens (including phenoxy) is 2. The summed E-state index contributed by atoms with van der Waals surface area (Å²) >= 11 is 0. The monoisotopic (exact) mass is 320 g/mol. The van der Waals surface area contributed by atoms with Crippen LogP contribution in [0.1, 0.15) is 25.3 Å². The average Bonchev–Trinajstić information content (AvgIpc) is 2.55. The van der Waals surface area contributed by atoms with Crippen LogP contribution in [-0.4, -0.2) is 51.7 Å². The summed E-state index contributed by atoms with van der Waals surface area (Å²) in [5.74, 6) is 1.31. The predicted molar refractivity (Wildman–Crippen MR) is 94.0 cm³/mol. The van der Waals surface area contributed by atoms with Crippen molar-refractivity contribution in [1.29, 1.82) is 0 Å². The molecule has 0 aromatic heterocycles. The van der Waals surface area contributed by atoms with Gasteiger partial charge in [-0.3, -0.25) is 4.79 Å². The number of carbonyl (C=O) groups excluding carboxylic acids is 1. The molecule has 1 rings (SSSR count). The van der Waals surface area contributed by atoms with Crippen LogP contribution in [0.25, 0.3) is 6.08 Å². The van der Waals surface area contributed by atoms with Crippen LogP contribution in [0.3, 0.4) is 0 Å². The number of methoxy groups -OCH3 is 1. The summed E-state index contributed by atoms with van der Waals surface area (Å²) in [6.07, 6.45) is 5.19. The molecule has 0 radical (unpaired) electrons. The number of hydrogen-bond donors (Lipinski definition) is 1. The van der Waals surface area contributed by atoms with Crippen LogP contribution in [0.4, 0.5) is 0 Å². The molecule has 0 spiro atoms. The SMILES string of the molecule is CCCOc1ccc(/C=C/C(=O)NCCCN(C)C)cc1OC. The molecule has 0 atom stereocenters. The Morgan fingerprint density at radius 3 is 2.74 bits per heavy atom. The fourth-order valence-electron chi connectivity index (χ4n) is 1.96. The zero-order valence-electron chi connectivity index (χ0n) is 14.6. The first kappa shape index (κ1) is 19.0. The third-order valence-corrected chi connectivity index (χ3v) is 3.16. The molecule has 1 aromatic rings. The molecular weight excluding hydrogens is 292 g/mol. The number of amides is 1. The topological polar surface area (TPSA) is 50.8 Å². The number of carbonyl (C=O) groups is 1. The van der Waals surface area contributed by atoms with Crippen molar-refractivity contribution < 1.29 is 14.3 Å². The molecule has 0 aliphatic heterocycles. The van der Waals surface area contributed by atoms with Gasteiger partial charge in [-0.05, 0) is 57.3 Å². The summed E-state index contributed by atoms with van der Waals surface area (Å²) in [6, 6.07) is 5.63. The van der Waals surface area contributed by atoms with Crippen molar-refractivity contribution in [2.75, 3.05) is 40.9 Å². The standard InChI is InChI=1S/C18H28N2O3/c1-5-13-23-16-9-7-15(14-17(16)22-4)8-10-18(21)19-11-6-12-20(2)3/h7-10,14H,5-6,11-13H2,1-4H3,(H,19,21)/b10-8+. The van der Waals surface area contributed by atoms with Crippen molar-refractivity contribution in [3.8, 4) is 11.5 Å². The van der Waals surface area contributed by atoms with Crippen molar-refractivity contribution in [3.63, 3.8) is 0 Å². The lowest BCUT2D eigenvalue weighted by Crippen LogP contribution is -2.25. The predicted octanol–water partition coefficient (Wildman–Crippen LogP) is 2.57. The van der Waals surface area contributed by atoms with Gasteiger partial charge in [-0.2, -0.15) is 0 Å². The van der Waals surface area contributed by atoms with E-state index in [1.807, 2.05) is 32.3 Å². The van der Waals surface area contributed by atoms with Gasteiger partial charge < -0.3 is 19.7 Å². The van der Waals surface area contributed by atoms with Crippen LogP contribution in [-0.2, 0) is 4.79 Å². The molecule has 0 fully saturated rings. The molecule has 0 saturated carbocycles. The Kier molecular flexibility index (Phi) is 8.83. The lowest BCUT2D eigenvalue weighted by Gasteiger charge is -2.10. The van der Waals surface area contributed by atoms with E-state index in [9.17, 15) is 4.79 Å². The molecule has 1 amide bonds. The highest BCUT2D eigenvalue weighted by Crippen LogP contribution is 2.28. The van der Waals surface area contributed by atoms with Crippen molar-refractivity contribution >= 4 is 12.0 Å². The molecule has 0 aliphatic carbocycles. The number of hydrogen-bond acceptors (Lipinski definition) is 4. The fourth-order valence-corrected chi connectivity index (χ4v) is 1.96. The van der Waals surface area contributed by atoms with Crippen LogP contribution < -0.4 is 14.8 Å². The maximum Gasteiger partial charge on any atom is 0.243 e.